The highest BCUT2D eigenvalue weighted by molar-refractivity contribution is 6.05. The third-order valence-corrected chi connectivity index (χ3v) is 6.37. The number of carbonyl (C=O) groups excluding carboxylic acids is 2. The third-order valence-electron chi connectivity index (χ3n) is 6.37. The zero-order chi connectivity index (χ0) is 23.3. The van der Waals surface area contributed by atoms with Crippen molar-refractivity contribution in [3.63, 3.8) is 0 Å². The SMILES string of the molecule is O=C(OCC(=O)N1CCC(Cc2ccccc2)CC1)c1cc(-c2ccco2)nc2ccccc12. The summed E-state index contributed by atoms with van der Waals surface area (Å²) >= 11 is 0. The first-order valence-corrected chi connectivity index (χ1v) is 11.6. The Bertz CT molecular complexity index is 1280. The smallest absolute Gasteiger partial charge is 0.339 e. The molecule has 0 radical (unpaired) electrons. The van der Waals surface area contributed by atoms with Crippen molar-refractivity contribution >= 4 is 22.8 Å². The minimum absolute atomic E-state index is 0.156. The fourth-order valence-corrected chi connectivity index (χ4v) is 4.53. The van der Waals surface area contributed by atoms with E-state index < -0.39 is 5.97 Å². The lowest BCUT2D eigenvalue weighted by Gasteiger charge is -2.32. The maximum Gasteiger partial charge on any atom is 0.339 e. The molecule has 1 fully saturated rings. The van der Waals surface area contributed by atoms with Crippen molar-refractivity contribution in [2.45, 2.75) is 19.3 Å². The first-order chi connectivity index (χ1) is 16.7. The van der Waals surface area contributed by atoms with E-state index >= 15 is 0 Å². The minimum atomic E-state index is -0.543. The molecular weight excluding hydrogens is 428 g/mol. The second-order valence-corrected chi connectivity index (χ2v) is 8.64. The summed E-state index contributed by atoms with van der Waals surface area (Å²) in [6, 6.07) is 23.0. The van der Waals surface area contributed by atoms with Crippen molar-refractivity contribution < 1.29 is 18.7 Å². The van der Waals surface area contributed by atoms with Gasteiger partial charge < -0.3 is 14.1 Å². The Hall–Kier alpha value is -3.93. The lowest BCUT2D eigenvalue weighted by molar-refractivity contribution is -0.135. The van der Waals surface area contributed by atoms with E-state index in [-0.39, 0.29) is 12.5 Å². The summed E-state index contributed by atoms with van der Waals surface area (Å²) in [7, 11) is 0. The van der Waals surface area contributed by atoms with E-state index in [4.69, 9.17) is 9.15 Å². The Morgan fingerprint density at radius 2 is 1.74 bits per heavy atom. The summed E-state index contributed by atoms with van der Waals surface area (Å²) < 4.78 is 10.9. The van der Waals surface area contributed by atoms with E-state index in [9.17, 15) is 9.59 Å². The minimum Gasteiger partial charge on any atom is -0.463 e. The molecule has 0 atom stereocenters. The van der Waals surface area contributed by atoms with Gasteiger partial charge in [0.25, 0.3) is 5.91 Å². The van der Waals surface area contributed by atoms with Crippen LogP contribution in [0.3, 0.4) is 0 Å². The molecule has 0 spiro atoms. The normalized spacial score (nSPS) is 14.3. The van der Waals surface area contributed by atoms with Crippen LogP contribution in [0.2, 0.25) is 0 Å². The fraction of sp³-hybridized carbons (Fsp3) is 0.250. The van der Waals surface area contributed by atoms with Gasteiger partial charge in [-0.05, 0) is 55.0 Å². The molecule has 1 aliphatic heterocycles. The fourth-order valence-electron chi connectivity index (χ4n) is 4.53. The second-order valence-electron chi connectivity index (χ2n) is 8.64. The van der Waals surface area contributed by atoms with E-state index in [1.165, 1.54) is 5.56 Å². The number of aromatic nitrogens is 1. The number of likely N-dealkylation sites (tertiary alicyclic amines) is 1. The number of esters is 1. The van der Waals surface area contributed by atoms with E-state index in [0.717, 1.165) is 19.3 Å². The van der Waals surface area contributed by atoms with Crippen LogP contribution in [0, 0.1) is 5.92 Å². The standard InChI is InChI=1S/C28H26N2O4/c31-27(30-14-12-21(13-15-30)17-20-7-2-1-3-8-20)19-34-28(32)23-18-25(26-11-6-16-33-26)29-24-10-5-4-9-22(23)24/h1-11,16,18,21H,12-15,17,19H2. The lowest BCUT2D eigenvalue weighted by atomic mass is 9.90. The Morgan fingerprint density at radius 3 is 2.50 bits per heavy atom. The Labute approximate surface area is 198 Å². The van der Waals surface area contributed by atoms with Crippen LogP contribution in [-0.4, -0.2) is 41.5 Å². The maximum absolute atomic E-state index is 13.0. The molecule has 6 heteroatoms. The number of para-hydroxylation sites is 1. The second kappa shape index (κ2) is 9.91. The number of hydrogen-bond donors (Lipinski definition) is 0. The van der Waals surface area contributed by atoms with Gasteiger partial charge in [0, 0.05) is 18.5 Å². The van der Waals surface area contributed by atoms with Crippen molar-refractivity contribution in [3.8, 4) is 11.5 Å². The van der Waals surface area contributed by atoms with Gasteiger partial charge in [-0.25, -0.2) is 9.78 Å². The van der Waals surface area contributed by atoms with Gasteiger partial charge in [0.2, 0.25) is 0 Å². The van der Waals surface area contributed by atoms with Crippen LogP contribution in [0.5, 0.6) is 0 Å². The highest BCUT2D eigenvalue weighted by atomic mass is 16.5. The lowest BCUT2D eigenvalue weighted by Crippen LogP contribution is -2.41. The van der Waals surface area contributed by atoms with Crippen LogP contribution in [0.15, 0.2) is 83.5 Å². The summed E-state index contributed by atoms with van der Waals surface area (Å²) in [6.45, 7) is 1.11. The quantitative estimate of drug-likeness (QED) is 0.378. The van der Waals surface area contributed by atoms with Crippen molar-refractivity contribution in [1.29, 1.82) is 0 Å². The Balaban J connectivity index is 1.21. The maximum atomic E-state index is 13.0. The Morgan fingerprint density at radius 1 is 0.971 bits per heavy atom. The molecule has 2 aromatic heterocycles. The highest BCUT2D eigenvalue weighted by Crippen LogP contribution is 2.26. The first kappa shape index (κ1) is 21.9. The van der Waals surface area contributed by atoms with E-state index in [1.54, 1.807) is 29.4 Å². The molecule has 1 amide bonds. The zero-order valence-electron chi connectivity index (χ0n) is 18.9. The molecular formula is C28H26N2O4. The molecule has 4 aromatic rings. The molecule has 0 aliphatic carbocycles. The summed E-state index contributed by atoms with van der Waals surface area (Å²) in [5, 5.41) is 0.678. The van der Waals surface area contributed by atoms with Gasteiger partial charge in [0.1, 0.15) is 5.69 Å². The van der Waals surface area contributed by atoms with Crippen molar-refractivity contribution in [2.75, 3.05) is 19.7 Å². The average molecular weight is 455 g/mol. The van der Waals surface area contributed by atoms with Crippen LogP contribution in [0.1, 0.15) is 28.8 Å². The van der Waals surface area contributed by atoms with Gasteiger partial charge in [-0.15, -0.1) is 0 Å². The van der Waals surface area contributed by atoms with Crippen molar-refractivity contribution in [1.82, 2.24) is 9.88 Å². The average Bonchev–Trinajstić information content (AvgIpc) is 3.43. The number of rotatable bonds is 6. The predicted molar refractivity (Wildman–Crippen MR) is 129 cm³/mol. The number of pyridine rings is 1. The summed E-state index contributed by atoms with van der Waals surface area (Å²) in [4.78, 5) is 32.1. The van der Waals surface area contributed by atoms with E-state index in [2.05, 4.69) is 29.2 Å². The molecule has 6 nitrogen and oxygen atoms in total. The monoisotopic (exact) mass is 454 g/mol. The molecule has 0 unspecified atom stereocenters. The van der Waals surface area contributed by atoms with Crippen LogP contribution < -0.4 is 0 Å². The van der Waals surface area contributed by atoms with Crippen LogP contribution in [-0.2, 0) is 16.0 Å². The predicted octanol–water partition coefficient (Wildman–Crippen LogP) is 5.13. The van der Waals surface area contributed by atoms with E-state index in [1.807, 2.05) is 30.3 Å². The summed E-state index contributed by atoms with van der Waals surface area (Å²) in [6.07, 6.45) is 4.50. The topological polar surface area (TPSA) is 72.6 Å². The molecule has 0 saturated carbocycles. The molecule has 1 saturated heterocycles. The molecule has 5 rings (SSSR count). The number of amides is 1. The molecule has 3 heterocycles. The zero-order valence-corrected chi connectivity index (χ0v) is 18.9. The van der Waals surface area contributed by atoms with Crippen molar-refractivity contribution in [2.24, 2.45) is 5.92 Å². The molecule has 1 aliphatic rings. The number of carbonyl (C=O) groups is 2. The van der Waals surface area contributed by atoms with Gasteiger partial charge in [-0.3, -0.25) is 4.79 Å². The Kier molecular flexibility index (Phi) is 6.38. The summed E-state index contributed by atoms with van der Waals surface area (Å²) in [5.74, 6) is 0.432. The number of benzene rings is 2. The molecule has 0 bridgehead atoms. The van der Waals surface area contributed by atoms with Gasteiger partial charge in [0.05, 0.1) is 17.3 Å². The first-order valence-electron chi connectivity index (χ1n) is 11.6. The molecule has 2 aromatic carbocycles. The number of fused-ring (bicyclic) bond motifs is 1. The van der Waals surface area contributed by atoms with Gasteiger partial charge in [-0.1, -0.05) is 48.5 Å². The van der Waals surface area contributed by atoms with Crippen LogP contribution in [0.4, 0.5) is 0 Å². The number of piperidine rings is 1. The largest absolute Gasteiger partial charge is 0.463 e. The molecule has 172 valence electrons. The number of furan rings is 1. The van der Waals surface area contributed by atoms with Gasteiger partial charge in [0.15, 0.2) is 12.4 Å². The summed E-state index contributed by atoms with van der Waals surface area (Å²) in [5.41, 5.74) is 2.91. The number of hydrogen-bond acceptors (Lipinski definition) is 5. The van der Waals surface area contributed by atoms with Gasteiger partial charge in [-0.2, -0.15) is 0 Å². The third kappa shape index (κ3) is 4.86. The van der Waals surface area contributed by atoms with Crippen molar-refractivity contribution in [3.05, 3.63) is 90.2 Å². The molecule has 34 heavy (non-hydrogen) atoms. The van der Waals surface area contributed by atoms with Crippen LogP contribution >= 0.6 is 0 Å². The number of ether oxygens (including phenoxy) is 1. The van der Waals surface area contributed by atoms with Crippen LogP contribution in [0.25, 0.3) is 22.4 Å². The van der Waals surface area contributed by atoms with Gasteiger partial charge >= 0.3 is 5.97 Å². The molecule has 0 N–H and O–H groups in total. The number of nitrogens with zero attached hydrogens (tertiary/aromatic N) is 2. The van der Waals surface area contributed by atoms with E-state index in [0.29, 0.717) is 46.9 Å². The highest BCUT2D eigenvalue weighted by Gasteiger charge is 2.24.